The van der Waals surface area contributed by atoms with Crippen LogP contribution >= 0.6 is 15.9 Å². The molecule has 20 heavy (non-hydrogen) atoms. The fraction of sp³-hybridized carbons (Fsp3) is 0.467. The van der Waals surface area contributed by atoms with E-state index in [1.807, 2.05) is 31.2 Å². The Morgan fingerprint density at radius 1 is 1.35 bits per heavy atom. The number of hydrogen-bond acceptors (Lipinski definition) is 3. The molecule has 1 aromatic carbocycles. The number of benzene rings is 1. The Balaban J connectivity index is 2.36. The SMILES string of the molecule is COCCC1(C)CC(=O)NC(=O)C1c1ccc(Br)cc1. The Bertz CT molecular complexity index is 514. The van der Waals surface area contributed by atoms with Crippen LogP contribution in [0.5, 0.6) is 0 Å². The van der Waals surface area contributed by atoms with Gasteiger partial charge in [-0.25, -0.2) is 0 Å². The second kappa shape index (κ2) is 6.06. The monoisotopic (exact) mass is 339 g/mol. The number of nitrogens with one attached hydrogen (secondary N) is 1. The van der Waals surface area contributed by atoms with Gasteiger partial charge >= 0.3 is 0 Å². The number of carbonyl (C=O) groups excluding carboxylic acids is 2. The van der Waals surface area contributed by atoms with Gasteiger partial charge in [0.2, 0.25) is 11.8 Å². The molecule has 108 valence electrons. The maximum Gasteiger partial charge on any atom is 0.234 e. The molecule has 1 N–H and O–H groups in total. The van der Waals surface area contributed by atoms with E-state index in [4.69, 9.17) is 4.74 Å². The van der Waals surface area contributed by atoms with Gasteiger partial charge in [-0.2, -0.15) is 0 Å². The van der Waals surface area contributed by atoms with Gasteiger partial charge in [-0.1, -0.05) is 35.0 Å². The molecule has 2 rings (SSSR count). The predicted molar refractivity (Wildman–Crippen MR) is 79.2 cm³/mol. The highest BCUT2D eigenvalue weighted by atomic mass is 79.9. The van der Waals surface area contributed by atoms with Crippen molar-refractivity contribution in [1.29, 1.82) is 0 Å². The van der Waals surface area contributed by atoms with Crippen molar-refractivity contribution < 1.29 is 14.3 Å². The molecule has 0 spiro atoms. The zero-order valence-corrected chi connectivity index (χ0v) is 13.2. The quantitative estimate of drug-likeness (QED) is 0.858. The van der Waals surface area contributed by atoms with E-state index in [2.05, 4.69) is 21.2 Å². The van der Waals surface area contributed by atoms with Crippen LogP contribution in [0.3, 0.4) is 0 Å². The molecular formula is C15H18BrNO3. The van der Waals surface area contributed by atoms with Crippen molar-refractivity contribution in [3.63, 3.8) is 0 Å². The largest absolute Gasteiger partial charge is 0.385 e. The Morgan fingerprint density at radius 3 is 2.60 bits per heavy atom. The predicted octanol–water partition coefficient (Wildman–Crippen LogP) is 2.62. The third kappa shape index (κ3) is 3.10. The van der Waals surface area contributed by atoms with Crippen LogP contribution in [0, 0.1) is 5.41 Å². The van der Waals surface area contributed by atoms with Gasteiger partial charge in [0.25, 0.3) is 0 Å². The molecule has 0 aromatic heterocycles. The summed E-state index contributed by atoms with van der Waals surface area (Å²) in [4.78, 5) is 24.0. The summed E-state index contributed by atoms with van der Waals surface area (Å²) in [6.45, 7) is 2.51. The molecule has 2 atom stereocenters. The van der Waals surface area contributed by atoms with Crippen molar-refractivity contribution in [2.24, 2.45) is 5.41 Å². The van der Waals surface area contributed by atoms with Crippen LogP contribution in [0.2, 0.25) is 0 Å². The van der Waals surface area contributed by atoms with Crippen molar-refractivity contribution >= 4 is 27.7 Å². The highest BCUT2D eigenvalue weighted by Gasteiger charge is 2.45. The zero-order valence-electron chi connectivity index (χ0n) is 11.6. The number of hydrogen-bond donors (Lipinski definition) is 1. The van der Waals surface area contributed by atoms with E-state index in [-0.39, 0.29) is 17.7 Å². The summed E-state index contributed by atoms with van der Waals surface area (Å²) in [5, 5.41) is 2.44. The lowest BCUT2D eigenvalue weighted by molar-refractivity contribution is -0.140. The third-order valence-corrected chi connectivity index (χ3v) is 4.40. The summed E-state index contributed by atoms with van der Waals surface area (Å²) < 4.78 is 6.10. The van der Waals surface area contributed by atoms with E-state index in [1.54, 1.807) is 7.11 Å². The van der Waals surface area contributed by atoms with E-state index in [1.165, 1.54) is 0 Å². The number of piperidine rings is 1. The smallest absolute Gasteiger partial charge is 0.234 e. The maximum atomic E-state index is 12.3. The summed E-state index contributed by atoms with van der Waals surface area (Å²) in [5.74, 6) is -0.757. The van der Waals surface area contributed by atoms with E-state index in [0.717, 1.165) is 10.0 Å². The molecule has 1 fully saturated rings. The first-order valence-electron chi connectivity index (χ1n) is 6.54. The van der Waals surface area contributed by atoms with E-state index in [9.17, 15) is 9.59 Å². The maximum absolute atomic E-state index is 12.3. The first-order valence-corrected chi connectivity index (χ1v) is 7.34. The number of carbonyl (C=O) groups is 2. The number of imide groups is 1. The van der Waals surface area contributed by atoms with E-state index >= 15 is 0 Å². The average molecular weight is 340 g/mol. The number of ether oxygens (including phenoxy) is 1. The van der Waals surface area contributed by atoms with Crippen molar-refractivity contribution in [3.8, 4) is 0 Å². The summed E-state index contributed by atoms with van der Waals surface area (Å²) in [6, 6.07) is 7.68. The minimum Gasteiger partial charge on any atom is -0.385 e. The first kappa shape index (κ1) is 15.2. The lowest BCUT2D eigenvalue weighted by Crippen LogP contribution is -2.49. The van der Waals surface area contributed by atoms with Crippen LogP contribution in [-0.2, 0) is 14.3 Å². The van der Waals surface area contributed by atoms with Crippen molar-refractivity contribution in [2.45, 2.75) is 25.7 Å². The molecule has 0 aliphatic carbocycles. The number of rotatable bonds is 4. The molecule has 4 nitrogen and oxygen atoms in total. The highest BCUT2D eigenvalue weighted by Crippen LogP contribution is 2.44. The summed E-state index contributed by atoms with van der Waals surface area (Å²) >= 11 is 3.39. The van der Waals surface area contributed by atoms with Crippen molar-refractivity contribution in [1.82, 2.24) is 5.32 Å². The zero-order chi connectivity index (χ0) is 14.8. The molecule has 1 aromatic rings. The van der Waals surface area contributed by atoms with Crippen LogP contribution in [0.15, 0.2) is 28.7 Å². The molecule has 0 radical (unpaired) electrons. The van der Waals surface area contributed by atoms with Gasteiger partial charge in [-0.05, 0) is 29.5 Å². The topological polar surface area (TPSA) is 55.4 Å². The molecule has 0 saturated carbocycles. The molecule has 1 aliphatic heterocycles. The lowest BCUT2D eigenvalue weighted by atomic mass is 9.67. The molecule has 1 saturated heterocycles. The Kier molecular flexibility index (Phi) is 4.60. The molecule has 0 bridgehead atoms. The molecular weight excluding hydrogens is 322 g/mol. The highest BCUT2D eigenvalue weighted by molar-refractivity contribution is 9.10. The third-order valence-electron chi connectivity index (χ3n) is 3.87. The number of methoxy groups -OCH3 is 1. The minimum absolute atomic E-state index is 0.207. The van der Waals surface area contributed by atoms with Crippen molar-refractivity contribution in [3.05, 3.63) is 34.3 Å². The van der Waals surface area contributed by atoms with Gasteiger partial charge < -0.3 is 4.74 Å². The van der Waals surface area contributed by atoms with Gasteiger partial charge in [-0.3, -0.25) is 14.9 Å². The molecule has 1 aliphatic rings. The van der Waals surface area contributed by atoms with Gasteiger partial charge in [-0.15, -0.1) is 0 Å². The van der Waals surface area contributed by atoms with Crippen LogP contribution < -0.4 is 5.32 Å². The van der Waals surface area contributed by atoms with Gasteiger partial charge in [0.05, 0.1) is 5.92 Å². The minimum atomic E-state index is -0.413. The van der Waals surface area contributed by atoms with E-state index in [0.29, 0.717) is 19.4 Å². The summed E-state index contributed by atoms with van der Waals surface area (Å²) in [5.41, 5.74) is 0.514. The fourth-order valence-corrected chi connectivity index (χ4v) is 3.08. The second-order valence-electron chi connectivity index (χ2n) is 5.47. The normalized spacial score (nSPS) is 26.4. The average Bonchev–Trinajstić information content (AvgIpc) is 2.38. The molecule has 2 amide bonds. The van der Waals surface area contributed by atoms with Gasteiger partial charge in [0.1, 0.15) is 0 Å². The fourth-order valence-electron chi connectivity index (χ4n) is 2.82. The van der Waals surface area contributed by atoms with Crippen LogP contribution in [0.1, 0.15) is 31.2 Å². The Hall–Kier alpha value is -1.20. The first-order chi connectivity index (χ1) is 9.46. The molecule has 5 heteroatoms. The number of amides is 2. The Morgan fingerprint density at radius 2 is 2.00 bits per heavy atom. The molecule has 1 heterocycles. The standard InChI is InChI=1S/C15H18BrNO3/c1-15(7-8-20-2)9-12(18)17-14(19)13(15)10-3-5-11(16)6-4-10/h3-6,13H,7-9H2,1-2H3,(H,17,18,19). The van der Waals surface area contributed by atoms with Gasteiger partial charge in [0.15, 0.2) is 0 Å². The number of halogens is 1. The van der Waals surface area contributed by atoms with E-state index < -0.39 is 5.41 Å². The van der Waals surface area contributed by atoms with Crippen LogP contribution in [-0.4, -0.2) is 25.5 Å². The van der Waals surface area contributed by atoms with Crippen LogP contribution in [0.4, 0.5) is 0 Å². The van der Waals surface area contributed by atoms with Crippen LogP contribution in [0.25, 0.3) is 0 Å². The van der Waals surface area contributed by atoms with Gasteiger partial charge in [0, 0.05) is 24.6 Å². The molecule has 2 unspecified atom stereocenters. The second-order valence-corrected chi connectivity index (χ2v) is 6.39. The Labute approximate surface area is 127 Å². The summed E-state index contributed by atoms with van der Waals surface area (Å²) in [7, 11) is 1.63. The summed E-state index contributed by atoms with van der Waals surface area (Å²) in [6.07, 6.45) is 1.01. The lowest BCUT2D eigenvalue weighted by Gasteiger charge is -2.40. The van der Waals surface area contributed by atoms with Crippen molar-refractivity contribution in [2.75, 3.05) is 13.7 Å².